The number of methoxy groups -OCH3 is 1. The zero-order valence-electron chi connectivity index (χ0n) is 12.8. The van der Waals surface area contributed by atoms with Crippen LogP contribution >= 0.6 is 11.6 Å². The molecule has 0 saturated heterocycles. The van der Waals surface area contributed by atoms with Gasteiger partial charge in [-0.1, -0.05) is 17.7 Å². The molecule has 0 unspecified atom stereocenters. The van der Waals surface area contributed by atoms with Crippen LogP contribution in [0.2, 0.25) is 5.02 Å². The van der Waals surface area contributed by atoms with E-state index in [4.69, 9.17) is 11.6 Å². The van der Waals surface area contributed by atoms with Crippen LogP contribution in [0.15, 0.2) is 42.5 Å². The lowest BCUT2D eigenvalue weighted by atomic mass is 10.2. The van der Waals surface area contributed by atoms with E-state index < -0.39 is 28.8 Å². The summed E-state index contributed by atoms with van der Waals surface area (Å²) >= 11 is 5.52. The number of halogens is 4. The molecule has 2 aromatic carbocycles. The van der Waals surface area contributed by atoms with Gasteiger partial charge in [-0.25, -0.2) is 9.59 Å². The van der Waals surface area contributed by atoms with E-state index in [1.54, 1.807) is 0 Å². The van der Waals surface area contributed by atoms with Crippen molar-refractivity contribution in [3.8, 4) is 0 Å². The van der Waals surface area contributed by atoms with E-state index in [-0.39, 0.29) is 16.9 Å². The number of nitrogens with one attached hydrogen (secondary N) is 2. The molecule has 0 fully saturated rings. The van der Waals surface area contributed by atoms with Crippen molar-refractivity contribution in [3.63, 3.8) is 0 Å². The molecule has 2 aromatic rings. The van der Waals surface area contributed by atoms with Crippen molar-refractivity contribution in [3.05, 3.63) is 58.6 Å². The lowest BCUT2D eigenvalue weighted by molar-refractivity contribution is -0.137. The van der Waals surface area contributed by atoms with Gasteiger partial charge < -0.3 is 15.4 Å². The molecule has 0 aromatic heterocycles. The van der Waals surface area contributed by atoms with Crippen LogP contribution in [0.25, 0.3) is 0 Å². The summed E-state index contributed by atoms with van der Waals surface area (Å²) in [6.45, 7) is 0. The van der Waals surface area contributed by atoms with E-state index in [2.05, 4.69) is 15.4 Å². The van der Waals surface area contributed by atoms with Gasteiger partial charge in [-0.05, 0) is 36.4 Å². The van der Waals surface area contributed by atoms with Crippen LogP contribution < -0.4 is 10.6 Å². The molecule has 0 aliphatic heterocycles. The highest BCUT2D eigenvalue weighted by atomic mass is 35.5. The van der Waals surface area contributed by atoms with Gasteiger partial charge in [0.25, 0.3) is 0 Å². The van der Waals surface area contributed by atoms with E-state index >= 15 is 0 Å². The van der Waals surface area contributed by atoms with Gasteiger partial charge in [-0.3, -0.25) is 0 Å². The maximum atomic E-state index is 12.8. The maximum absolute atomic E-state index is 12.8. The van der Waals surface area contributed by atoms with E-state index in [1.165, 1.54) is 37.4 Å². The first-order chi connectivity index (χ1) is 11.7. The minimum absolute atomic E-state index is 0.0849. The molecule has 0 heterocycles. The Hall–Kier alpha value is -2.74. The van der Waals surface area contributed by atoms with Crippen LogP contribution in [0.3, 0.4) is 0 Å². The predicted octanol–water partition coefficient (Wildman–Crippen LogP) is 4.79. The number of urea groups is 1. The fourth-order valence-electron chi connectivity index (χ4n) is 1.96. The zero-order valence-corrected chi connectivity index (χ0v) is 13.5. The highest BCUT2D eigenvalue weighted by Gasteiger charge is 2.33. The van der Waals surface area contributed by atoms with Gasteiger partial charge in [-0.15, -0.1) is 0 Å². The molecule has 2 rings (SSSR count). The summed E-state index contributed by atoms with van der Waals surface area (Å²) < 4.78 is 43.0. The molecule has 0 spiro atoms. The third-order valence-electron chi connectivity index (χ3n) is 3.07. The third-order valence-corrected chi connectivity index (χ3v) is 3.40. The van der Waals surface area contributed by atoms with Gasteiger partial charge >= 0.3 is 18.2 Å². The largest absolute Gasteiger partial charge is 0.465 e. The Morgan fingerprint density at radius 3 is 2.28 bits per heavy atom. The molecule has 25 heavy (non-hydrogen) atoms. The summed E-state index contributed by atoms with van der Waals surface area (Å²) in [4.78, 5) is 23.4. The predicted molar refractivity (Wildman–Crippen MR) is 86.9 cm³/mol. The highest BCUT2D eigenvalue weighted by molar-refractivity contribution is 6.31. The van der Waals surface area contributed by atoms with Crippen molar-refractivity contribution in [2.24, 2.45) is 0 Å². The SMILES string of the molecule is COC(=O)c1cccc(NC(=O)Nc2ccc(Cl)c(C(F)(F)F)c2)c1. The van der Waals surface area contributed by atoms with E-state index in [9.17, 15) is 22.8 Å². The molecule has 132 valence electrons. The van der Waals surface area contributed by atoms with Crippen molar-refractivity contribution in [2.75, 3.05) is 17.7 Å². The van der Waals surface area contributed by atoms with Crippen LogP contribution in [0.5, 0.6) is 0 Å². The number of alkyl halides is 3. The molecule has 0 aliphatic carbocycles. The monoisotopic (exact) mass is 372 g/mol. The normalized spacial score (nSPS) is 10.9. The van der Waals surface area contributed by atoms with Gasteiger partial charge in [0.05, 0.1) is 23.3 Å². The third kappa shape index (κ3) is 4.87. The number of hydrogen-bond acceptors (Lipinski definition) is 3. The maximum Gasteiger partial charge on any atom is 0.417 e. The topological polar surface area (TPSA) is 67.4 Å². The smallest absolute Gasteiger partial charge is 0.417 e. The molecule has 5 nitrogen and oxygen atoms in total. The van der Waals surface area contributed by atoms with Crippen molar-refractivity contribution < 1.29 is 27.5 Å². The van der Waals surface area contributed by atoms with Crippen molar-refractivity contribution in [2.45, 2.75) is 6.18 Å². The molecule has 2 amide bonds. The lowest BCUT2D eigenvalue weighted by Gasteiger charge is -2.12. The Morgan fingerprint density at radius 1 is 1.04 bits per heavy atom. The number of rotatable bonds is 3. The number of benzene rings is 2. The van der Waals surface area contributed by atoms with E-state index in [1.807, 2.05) is 0 Å². The molecular weight excluding hydrogens is 361 g/mol. The van der Waals surface area contributed by atoms with E-state index in [0.717, 1.165) is 12.1 Å². The van der Waals surface area contributed by atoms with Gasteiger partial charge in [0.2, 0.25) is 0 Å². The average Bonchev–Trinajstić information content (AvgIpc) is 2.55. The summed E-state index contributed by atoms with van der Waals surface area (Å²) in [7, 11) is 1.22. The number of esters is 1. The summed E-state index contributed by atoms with van der Waals surface area (Å²) in [5, 5.41) is 4.21. The first-order valence-electron chi connectivity index (χ1n) is 6.84. The minimum atomic E-state index is -4.64. The Bertz CT molecular complexity index is 809. The quantitative estimate of drug-likeness (QED) is 0.761. The number of hydrogen-bond donors (Lipinski definition) is 2. The van der Waals surface area contributed by atoms with Gasteiger partial charge in [0.1, 0.15) is 0 Å². The Kier molecular flexibility index (Phi) is 5.53. The minimum Gasteiger partial charge on any atom is -0.465 e. The van der Waals surface area contributed by atoms with Crippen molar-refractivity contribution >= 4 is 35.0 Å². The molecule has 0 aliphatic rings. The number of amides is 2. The first-order valence-corrected chi connectivity index (χ1v) is 7.21. The number of carbonyl (C=O) groups excluding carboxylic acids is 2. The summed E-state index contributed by atoms with van der Waals surface area (Å²) in [6.07, 6.45) is -4.64. The Labute approximate surface area is 145 Å². The van der Waals surface area contributed by atoms with Crippen LogP contribution in [-0.4, -0.2) is 19.1 Å². The fourth-order valence-corrected chi connectivity index (χ4v) is 2.18. The zero-order chi connectivity index (χ0) is 18.6. The van der Waals surface area contributed by atoms with Crippen LogP contribution in [0, 0.1) is 0 Å². The summed E-state index contributed by atoms with van der Waals surface area (Å²) in [6, 6.07) is 8.11. The first kappa shape index (κ1) is 18.6. The molecule has 2 N–H and O–H groups in total. The van der Waals surface area contributed by atoms with Gasteiger partial charge in [0.15, 0.2) is 0 Å². The van der Waals surface area contributed by atoms with Crippen molar-refractivity contribution in [1.82, 2.24) is 0 Å². The fraction of sp³-hybridized carbons (Fsp3) is 0.125. The second kappa shape index (κ2) is 7.43. The number of carbonyl (C=O) groups is 2. The lowest BCUT2D eigenvalue weighted by Crippen LogP contribution is -2.20. The average molecular weight is 373 g/mol. The second-order valence-electron chi connectivity index (χ2n) is 4.84. The van der Waals surface area contributed by atoms with Gasteiger partial charge in [-0.2, -0.15) is 13.2 Å². The Morgan fingerprint density at radius 2 is 1.68 bits per heavy atom. The molecule has 0 saturated carbocycles. The number of ether oxygens (including phenoxy) is 1. The van der Waals surface area contributed by atoms with Crippen LogP contribution in [-0.2, 0) is 10.9 Å². The molecular formula is C16H12ClF3N2O3. The van der Waals surface area contributed by atoms with Crippen LogP contribution in [0.4, 0.5) is 29.3 Å². The second-order valence-corrected chi connectivity index (χ2v) is 5.25. The van der Waals surface area contributed by atoms with E-state index in [0.29, 0.717) is 0 Å². The molecule has 0 bridgehead atoms. The van der Waals surface area contributed by atoms with Crippen molar-refractivity contribution in [1.29, 1.82) is 0 Å². The van der Waals surface area contributed by atoms with Crippen LogP contribution in [0.1, 0.15) is 15.9 Å². The summed E-state index contributed by atoms with van der Waals surface area (Å²) in [5.74, 6) is -0.587. The number of anilines is 2. The molecule has 9 heteroatoms. The molecule has 0 radical (unpaired) electrons. The highest BCUT2D eigenvalue weighted by Crippen LogP contribution is 2.36. The summed E-state index contributed by atoms with van der Waals surface area (Å²) in [5.41, 5.74) is -0.658. The molecule has 0 atom stereocenters. The van der Waals surface area contributed by atoms with Gasteiger partial charge in [0, 0.05) is 11.4 Å². The standard InChI is InChI=1S/C16H12ClF3N2O3/c1-25-14(23)9-3-2-4-10(7-9)21-15(24)22-11-5-6-13(17)12(8-11)16(18,19)20/h2-8H,1H3,(H2,21,22,24). The Balaban J connectivity index is 2.12.